The molecule has 1 aliphatic carbocycles. The molecule has 5 aromatic rings. The molecule has 0 aliphatic heterocycles. The van der Waals surface area contributed by atoms with Crippen molar-refractivity contribution in [2.75, 3.05) is 0 Å². The van der Waals surface area contributed by atoms with Gasteiger partial charge in [0.25, 0.3) is 11.1 Å². The van der Waals surface area contributed by atoms with Crippen molar-refractivity contribution in [1.29, 1.82) is 0 Å². The molecule has 3 heteroatoms. The molecule has 0 radical (unpaired) electrons. The maximum atomic E-state index is 13.6. The van der Waals surface area contributed by atoms with Crippen molar-refractivity contribution >= 4 is 21.5 Å². The highest BCUT2D eigenvalue weighted by molar-refractivity contribution is 6.05. The lowest BCUT2D eigenvalue weighted by atomic mass is 10.1. The normalized spacial score (nSPS) is 12.1. The molecule has 0 unspecified atom stereocenters. The van der Waals surface area contributed by atoms with Crippen molar-refractivity contribution in [2.24, 2.45) is 0 Å². The predicted octanol–water partition coefficient (Wildman–Crippen LogP) is 5.08. The van der Waals surface area contributed by atoms with Gasteiger partial charge in [0.1, 0.15) is 0 Å². The summed E-state index contributed by atoms with van der Waals surface area (Å²) in [4.78, 5) is 27.1. The van der Waals surface area contributed by atoms with Crippen LogP contribution in [0.15, 0.2) is 101 Å². The van der Waals surface area contributed by atoms with Crippen molar-refractivity contribution in [2.45, 2.75) is 6.42 Å². The summed E-state index contributed by atoms with van der Waals surface area (Å²) < 4.78 is 1.33. The van der Waals surface area contributed by atoms with E-state index in [2.05, 4.69) is 12.1 Å². The van der Waals surface area contributed by atoms with E-state index in [9.17, 15) is 9.59 Å². The number of hydrogen-bond donors (Lipinski definition) is 0. The van der Waals surface area contributed by atoms with E-state index >= 15 is 0 Å². The molecule has 0 fully saturated rings. The van der Waals surface area contributed by atoms with Gasteiger partial charge in [-0.05, 0) is 63.7 Å². The number of hydrogen-bond acceptors (Lipinski definition) is 2. The summed E-state index contributed by atoms with van der Waals surface area (Å²) >= 11 is 0. The Balaban J connectivity index is 1.75. The molecule has 30 heavy (non-hydrogen) atoms. The lowest BCUT2D eigenvalue weighted by molar-refractivity contribution is 0.975. The first-order valence-electron chi connectivity index (χ1n) is 10.0. The van der Waals surface area contributed by atoms with E-state index in [0.717, 1.165) is 22.8 Å². The van der Waals surface area contributed by atoms with Crippen LogP contribution in [0.2, 0.25) is 0 Å². The molecule has 0 saturated carbocycles. The predicted molar refractivity (Wildman–Crippen MR) is 122 cm³/mol. The lowest BCUT2D eigenvalue weighted by Gasteiger charge is -2.07. The van der Waals surface area contributed by atoms with Crippen LogP contribution in [0.25, 0.3) is 38.4 Å². The van der Waals surface area contributed by atoms with Crippen molar-refractivity contribution in [3.05, 3.63) is 123 Å². The van der Waals surface area contributed by atoms with Crippen LogP contribution < -0.4 is 11.1 Å². The summed E-state index contributed by atoms with van der Waals surface area (Å²) in [6, 6.07) is 29.1. The molecule has 6 rings (SSSR count). The van der Waals surface area contributed by atoms with Gasteiger partial charge in [-0.15, -0.1) is 0 Å². The zero-order valence-electron chi connectivity index (χ0n) is 16.1. The van der Waals surface area contributed by atoms with E-state index < -0.39 is 0 Å². The summed E-state index contributed by atoms with van der Waals surface area (Å²) in [7, 11) is 0. The molecule has 1 aliphatic rings. The van der Waals surface area contributed by atoms with Gasteiger partial charge < -0.3 is 0 Å². The third kappa shape index (κ3) is 2.32. The molecule has 0 N–H and O–H groups in total. The fraction of sp³-hybridized carbons (Fsp3) is 0.0370. The molecule has 0 bridgehead atoms. The highest BCUT2D eigenvalue weighted by Gasteiger charge is 2.19. The molecule has 142 valence electrons. The zero-order chi connectivity index (χ0) is 20.2. The molecule has 3 nitrogen and oxygen atoms in total. The summed E-state index contributed by atoms with van der Waals surface area (Å²) in [6.45, 7) is 0. The first-order valence-corrected chi connectivity index (χ1v) is 10.0. The first kappa shape index (κ1) is 16.9. The smallest absolute Gasteiger partial charge is 0.265 e. The van der Waals surface area contributed by atoms with E-state index in [0.29, 0.717) is 16.5 Å². The standard InChI is InChI=1S/C27H17NO2/c29-26-23-11-5-3-9-21(23)22-10-4-6-12-24(22)27(30)28(26)19-14-13-18-15-17-7-1-2-8-20(17)25(18)16-19/h1-14,16H,15H2. The minimum absolute atomic E-state index is 0.293. The van der Waals surface area contributed by atoms with Crippen LogP contribution >= 0.6 is 0 Å². The maximum absolute atomic E-state index is 13.6. The van der Waals surface area contributed by atoms with Crippen molar-refractivity contribution in [3.63, 3.8) is 0 Å². The van der Waals surface area contributed by atoms with Gasteiger partial charge >= 0.3 is 0 Å². The summed E-state index contributed by atoms with van der Waals surface area (Å²) in [6.07, 6.45) is 0.874. The van der Waals surface area contributed by atoms with Crippen LogP contribution in [0.5, 0.6) is 0 Å². The number of fused-ring (bicyclic) bond motifs is 6. The number of rotatable bonds is 1. The number of nitrogens with zero attached hydrogens (tertiary/aromatic N) is 1. The molecule has 0 spiro atoms. The van der Waals surface area contributed by atoms with Gasteiger partial charge in [0.2, 0.25) is 0 Å². The fourth-order valence-corrected chi connectivity index (χ4v) is 4.63. The Hall–Kier alpha value is -3.98. The Morgan fingerprint density at radius 1 is 0.533 bits per heavy atom. The van der Waals surface area contributed by atoms with Gasteiger partial charge in [-0.1, -0.05) is 66.7 Å². The minimum Gasteiger partial charge on any atom is -0.268 e. The summed E-state index contributed by atoms with van der Waals surface area (Å²) in [5.41, 5.74) is 4.77. The van der Waals surface area contributed by atoms with E-state index in [1.165, 1.54) is 21.3 Å². The third-order valence-corrected chi connectivity index (χ3v) is 6.05. The van der Waals surface area contributed by atoms with Gasteiger partial charge in [-0.25, -0.2) is 4.57 Å². The molecule has 1 heterocycles. The van der Waals surface area contributed by atoms with E-state index in [4.69, 9.17) is 0 Å². The minimum atomic E-state index is -0.293. The molecule has 0 saturated heterocycles. The van der Waals surface area contributed by atoms with Gasteiger partial charge in [0, 0.05) is 10.8 Å². The quantitative estimate of drug-likeness (QED) is 0.395. The first-order chi connectivity index (χ1) is 14.7. The van der Waals surface area contributed by atoms with Crippen LogP contribution in [-0.2, 0) is 6.42 Å². The SMILES string of the molecule is O=c1c2ccccc2c2ccccc2c(=O)n1-c1ccc2c(c1)-c1ccccc1C2. The molecule has 0 atom stereocenters. The van der Waals surface area contributed by atoms with Crippen LogP contribution in [0.1, 0.15) is 11.1 Å². The second kappa shape index (κ2) is 6.26. The lowest BCUT2D eigenvalue weighted by Crippen LogP contribution is -2.28. The highest BCUT2D eigenvalue weighted by Crippen LogP contribution is 2.37. The molecular weight excluding hydrogens is 370 g/mol. The average molecular weight is 387 g/mol. The summed E-state index contributed by atoms with van der Waals surface area (Å²) in [5.74, 6) is 0. The fourth-order valence-electron chi connectivity index (χ4n) is 4.63. The topological polar surface area (TPSA) is 39.1 Å². The Morgan fingerprint density at radius 3 is 1.73 bits per heavy atom. The van der Waals surface area contributed by atoms with Crippen LogP contribution in [-0.4, -0.2) is 4.57 Å². The van der Waals surface area contributed by atoms with Gasteiger partial charge in [0.15, 0.2) is 0 Å². The highest BCUT2D eigenvalue weighted by atomic mass is 16.2. The zero-order valence-corrected chi connectivity index (χ0v) is 16.1. The van der Waals surface area contributed by atoms with Crippen molar-refractivity contribution < 1.29 is 0 Å². The van der Waals surface area contributed by atoms with Crippen molar-refractivity contribution in [3.8, 4) is 16.8 Å². The Labute approximate surface area is 172 Å². The second-order valence-corrected chi connectivity index (χ2v) is 7.71. The van der Waals surface area contributed by atoms with Gasteiger partial charge in [-0.2, -0.15) is 0 Å². The monoisotopic (exact) mass is 387 g/mol. The van der Waals surface area contributed by atoms with Gasteiger partial charge in [0.05, 0.1) is 5.69 Å². The van der Waals surface area contributed by atoms with Crippen LogP contribution in [0.3, 0.4) is 0 Å². The number of aromatic nitrogens is 1. The van der Waals surface area contributed by atoms with Crippen LogP contribution in [0, 0.1) is 0 Å². The summed E-state index contributed by atoms with van der Waals surface area (Å²) in [5, 5.41) is 2.66. The average Bonchev–Trinajstić information content (AvgIpc) is 3.13. The largest absolute Gasteiger partial charge is 0.268 e. The van der Waals surface area contributed by atoms with Crippen molar-refractivity contribution in [1.82, 2.24) is 4.57 Å². The molecule has 1 aromatic heterocycles. The Kier molecular flexibility index (Phi) is 3.53. The molecular formula is C27H17NO2. The van der Waals surface area contributed by atoms with Crippen LogP contribution in [0.4, 0.5) is 0 Å². The maximum Gasteiger partial charge on any atom is 0.265 e. The van der Waals surface area contributed by atoms with E-state index in [-0.39, 0.29) is 11.1 Å². The Morgan fingerprint density at radius 2 is 1.07 bits per heavy atom. The van der Waals surface area contributed by atoms with Gasteiger partial charge in [-0.3, -0.25) is 9.59 Å². The Bertz CT molecular complexity index is 1540. The van der Waals surface area contributed by atoms with E-state index in [1.54, 1.807) is 12.1 Å². The molecule has 4 aromatic carbocycles. The third-order valence-electron chi connectivity index (χ3n) is 6.05. The number of benzene rings is 4. The van der Waals surface area contributed by atoms with E-state index in [1.807, 2.05) is 66.7 Å². The second-order valence-electron chi connectivity index (χ2n) is 7.71. The molecule has 0 amide bonds.